The number of hydrogen-bond donors (Lipinski definition) is 1. The van der Waals surface area contributed by atoms with E-state index in [2.05, 4.69) is 5.32 Å². The van der Waals surface area contributed by atoms with Crippen LogP contribution in [0.5, 0.6) is 0 Å². The summed E-state index contributed by atoms with van der Waals surface area (Å²) in [4.78, 5) is 0. The quantitative estimate of drug-likeness (QED) is 0.809. The molecule has 0 radical (unpaired) electrons. The molecular formula is C12H17F2NO. The topological polar surface area (TPSA) is 21.3 Å². The van der Waals surface area contributed by atoms with Gasteiger partial charge in [0.2, 0.25) is 0 Å². The van der Waals surface area contributed by atoms with Crippen molar-refractivity contribution >= 4 is 0 Å². The van der Waals surface area contributed by atoms with Crippen LogP contribution in [0.2, 0.25) is 0 Å². The molecule has 1 aromatic rings. The summed E-state index contributed by atoms with van der Waals surface area (Å²) in [5.41, 5.74) is 0.360. The summed E-state index contributed by atoms with van der Waals surface area (Å²) < 4.78 is 31.6. The van der Waals surface area contributed by atoms with E-state index in [0.29, 0.717) is 25.1 Å². The maximum Gasteiger partial charge on any atom is 0.163 e. The van der Waals surface area contributed by atoms with Crippen LogP contribution in [0.1, 0.15) is 24.9 Å². The molecule has 1 atom stereocenters. The van der Waals surface area contributed by atoms with Gasteiger partial charge in [0.25, 0.3) is 0 Å². The predicted octanol–water partition coefficient (Wildman–Crippen LogP) is 2.65. The van der Waals surface area contributed by atoms with Crippen LogP contribution in [0.4, 0.5) is 8.78 Å². The molecule has 1 rings (SSSR count). The van der Waals surface area contributed by atoms with Crippen LogP contribution in [0, 0.1) is 11.6 Å². The lowest BCUT2D eigenvalue weighted by molar-refractivity contribution is 0.182. The number of benzene rings is 1. The highest BCUT2D eigenvalue weighted by Crippen LogP contribution is 2.21. The van der Waals surface area contributed by atoms with Gasteiger partial charge in [-0.1, -0.05) is 19.1 Å². The number of rotatable bonds is 6. The van der Waals surface area contributed by atoms with E-state index in [1.165, 1.54) is 6.07 Å². The van der Waals surface area contributed by atoms with Crippen molar-refractivity contribution in [2.75, 3.05) is 20.3 Å². The first-order valence-electron chi connectivity index (χ1n) is 5.37. The van der Waals surface area contributed by atoms with Crippen molar-refractivity contribution in [1.29, 1.82) is 0 Å². The van der Waals surface area contributed by atoms with Gasteiger partial charge in [-0.25, -0.2) is 8.78 Å². The molecule has 0 aliphatic heterocycles. The Kier molecular flexibility index (Phi) is 5.35. The molecule has 0 amide bonds. The average Bonchev–Trinajstić information content (AvgIpc) is 2.28. The van der Waals surface area contributed by atoms with Crippen molar-refractivity contribution in [3.05, 3.63) is 35.4 Å². The van der Waals surface area contributed by atoms with Crippen LogP contribution in [-0.2, 0) is 4.74 Å². The molecule has 0 heterocycles. The lowest BCUT2D eigenvalue weighted by atomic mass is 10.0. The van der Waals surface area contributed by atoms with Gasteiger partial charge in [-0.05, 0) is 19.0 Å². The Balaban J connectivity index is 2.86. The molecule has 0 spiro atoms. The molecule has 0 saturated heterocycles. The summed E-state index contributed by atoms with van der Waals surface area (Å²) in [5, 5.41) is 3.12. The van der Waals surface area contributed by atoms with E-state index in [0.717, 1.165) is 6.07 Å². The van der Waals surface area contributed by atoms with Gasteiger partial charge in [0, 0.05) is 25.3 Å². The predicted molar refractivity (Wildman–Crippen MR) is 59.3 cm³/mol. The number of halogens is 2. The minimum atomic E-state index is -0.808. The zero-order chi connectivity index (χ0) is 12.0. The molecule has 1 aromatic carbocycles. The molecule has 2 nitrogen and oxygen atoms in total. The minimum Gasteiger partial charge on any atom is -0.385 e. The second kappa shape index (κ2) is 6.55. The smallest absolute Gasteiger partial charge is 0.163 e. The average molecular weight is 229 g/mol. The molecule has 0 aliphatic carbocycles. The third kappa shape index (κ3) is 3.25. The van der Waals surface area contributed by atoms with Crippen molar-refractivity contribution in [1.82, 2.24) is 5.32 Å². The van der Waals surface area contributed by atoms with Crippen LogP contribution in [0.3, 0.4) is 0 Å². The van der Waals surface area contributed by atoms with E-state index in [-0.39, 0.29) is 6.04 Å². The van der Waals surface area contributed by atoms with Gasteiger partial charge in [0.05, 0.1) is 0 Å². The van der Waals surface area contributed by atoms with Crippen molar-refractivity contribution in [3.63, 3.8) is 0 Å². The lowest BCUT2D eigenvalue weighted by Crippen LogP contribution is -2.23. The SMILES string of the molecule is CCNC(CCOC)c1cccc(F)c1F. The fraction of sp³-hybridized carbons (Fsp3) is 0.500. The molecule has 0 bridgehead atoms. The summed E-state index contributed by atoms with van der Waals surface area (Å²) >= 11 is 0. The van der Waals surface area contributed by atoms with Gasteiger partial charge in [0.15, 0.2) is 11.6 Å². The fourth-order valence-electron chi connectivity index (χ4n) is 1.64. The Morgan fingerprint density at radius 1 is 1.38 bits per heavy atom. The van der Waals surface area contributed by atoms with Crippen LogP contribution in [-0.4, -0.2) is 20.3 Å². The van der Waals surface area contributed by atoms with Gasteiger partial charge in [0.1, 0.15) is 0 Å². The minimum absolute atomic E-state index is 0.208. The number of nitrogens with one attached hydrogen (secondary N) is 1. The van der Waals surface area contributed by atoms with Crippen molar-refractivity contribution in [2.45, 2.75) is 19.4 Å². The summed E-state index contributed by atoms with van der Waals surface area (Å²) in [6, 6.07) is 4.03. The Labute approximate surface area is 94.6 Å². The van der Waals surface area contributed by atoms with Crippen LogP contribution in [0.15, 0.2) is 18.2 Å². The summed E-state index contributed by atoms with van der Waals surface area (Å²) in [6.45, 7) is 3.13. The zero-order valence-corrected chi connectivity index (χ0v) is 9.59. The molecule has 0 aromatic heterocycles. The Bertz CT molecular complexity index is 331. The maximum atomic E-state index is 13.5. The molecule has 1 N–H and O–H groups in total. The van der Waals surface area contributed by atoms with E-state index >= 15 is 0 Å². The summed E-state index contributed by atoms with van der Waals surface area (Å²) in [6.07, 6.45) is 0.616. The van der Waals surface area contributed by atoms with Crippen LogP contribution in [0.25, 0.3) is 0 Å². The maximum absolute atomic E-state index is 13.5. The summed E-state index contributed by atoms with van der Waals surface area (Å²) in [7, 11) is 1.59. The first-order chi connectivity index (χ1) is 7.70. The molecule has 0 saturated carbocycles. The monoisotopic (exact) mass is 229 g/mol. The lowest BCUT2D eigenvalue weighted by Gasteiger charge is -2.18. The van der Waals surface area contributed by atoms with Crippen molar-refractivity contribution < 1.29 is 13.5 Å². The second-order valence-electron chi connectivity index (χ2n) is 3.53. The van der Waals surface area contributed by atoms with Gasteiger partial charge in [-0.3, -0.25) is 0 Å². The molecule has 0 fully saturated rings. The van der Waals surface area contributed by atoms with E-state index < -0.39 is 11.6 Å². The highest BCUT2D eigenvalue weighted by atomic mass is 19.2. The summed E-state index contributed by atoms with van der Waals surface area (Å²) in [5.74, 6) is -1.58. The molecule has 16 heavy (non-hydrogen) atoms. The Hall–Kier alpha value is -1.00. The van der Waals surface area contributed by atoms with E-state index in [9.17, 15) is 8.78 Å². The van der Waals surface area contributed by atoms with E-state index in [1.807, 2.05) is 6.92 Å². The molecule has 0 aliphatic rings. The highest BCUT2D eigenvalue weighted by molar-refractivity contribution is 5.22. The highest BCUT2D eigenvalue weighted by Gasteiger charge is 2.16. The molecule has 1 unspecified atom stereocenters. The van der Waals surface area contributed by atoms with E-state index in [4.69, 9.17) is 4.74 Å². The molecule has 4 heteroatoms. The Morgan fingerprint density at radius 2 is 2.12 bits per heavy atom. The van der Waals surface area contributed by atoms with Crippen LogP contribution >= 0.6 is 0 Å². The van der Waals surface area contributed by atoms with Gasteiger partial charge < -0.3 is 10.1 Å². The van der Waals surface area contributed by atoms with Gasteiger partial charge in [-0.2, -0.15) is 0 Å². The third-order valence-electron chi connectivity index (χ3n) is 2.42. The van der Waals surface area contributed by atoms with Crippen LogP contribution < -0.4 is 5.32 Å². The standard InChI is InChI=1S/C12H17F2NO/c1-3-15-11(7-8-16-2)9-5-4-6-10(13)12(9)14/h4-6,11,15H,3,7-8H2,1-2H3. The fourth-order valence-corrected chi connectivity index (χ4v) is 1.64. The van der Waals surface area contributed by atoms with Gasteiger partial charge in [-0.15, -0.1) is 0 Å². The van der Waals surface area contributed by atoms with E-state index in [1.54, 1.807) is 13.2 Å². The number of hydrogen-bond acceptors (Lipinski definition) is 2. The number of methoxy groups -OCH3 is 1. The van der Waals surface area contributed by atoms with Crippen molar-refractivity contribution in [3.8, 4) is 0 Å². The molecule has 90 valence electrons. The first kappa shape index (κ1) is 13.1. The van der Waals surface area contributed by atoms with Gasteiger partial charge >= 0.3 is 0 Å². The Morgan fingerprint density at radius 3 is 2.75 bits per heavy atom. The largest absolute Gasteiger partial charge is 0.385 e. The van der Waals surface area contributed by atoms with Crippen molar-refractivity contribution in [2.24, 2.45) is 0 Å². The second-order valence-corrected chi connectivity index (χ2v) is 3.53. The zero-order valence-electron chi connectivity index (χ0n) is 9.59. The third-order valence-corrected chi connectivity index (χ3v) is 2.42. The normalized spacial score (nSPS) is 12.8. The first-order valence-corrected chi connectivity index (χ1v) is 5.37. The molecular weight excluding hydrogens is 212 g/mol. The number of ether oxygens (including phenoxy) is 1.